The summed E-state index contributed by atoms with van der Waals surface area (Å²) >= 11 is 7.68. The lowest BCUT2D eigenvalue weighted by Gasteiger charge is -2.38. The SMILES string of the molecule is CCc1ccc(Cc2cc([C@@H]3S[C@H](CN=O)[C@@H](N=O)[C@H](N=O)[C@H]3O)c(OC)cc2Cl)cc1. The molecule has 170 valence electrons. The van der Waals surface area contributed by atoms with Crippen molar-refractivity contribution in [3.63, 3.8) is 0 Å². The normalized spacial score (nSPS) is 25.2. The molecule has 1 aliphatic rings. The quantitative estimate of drug-likeness (QED) is 0.504. The third-order valence-corrected chi connectivity index (χ3v) is 7.70. The average molecular weight is 478 g/mol. The van der Waals surface area contributed by atoms with E-state index in [1.807, 2.05) is 18.2 Å². The molecular weight excluding hydrogens is 454 g/mol. The van der Waals surface area contributed by atoms with Crippen molar-refractivity contribution in [2.24, 2.45) is 15.5 Å². The van der Waals surface area contributed by atoms with Gasteiger partial charge in [0.15, 0.2) is 0 Å². The van der Waals surface area contributed by atoms with E-state index in [0.717, 1.165) is 29.3 Å². The molecule has 2 aromatic rings. The number of ether oxygens (including phenoxy) is 1. The molecule has 0 aliphatic carbocycles. The van der Waals surface area contributed by atoms with Crippen LogP contribution in [0.15, 0.2) is 51.9 Å². The minimum Gasteiger partial charge on any atom is -0.496 e. The van der Waals surface area contributed by atoms with Crippen molar-refractivity contribution in [1.29, 1.82) is 0 Å². The van der Waals surface area contributed by atoms with Crippen molar-refractivity contribution in [2.75, 3.05) is 13.7 Å². The Bertz CT molecular complexity index is 975. The summed E-state index contributed by atoms with van der Waals surface area (Å²) in [6, 6.07) is 9.28. The first kappa shape index (κ1) is 24.3. The fourth-order valence-corrected chi connectivity index (χ4v) is 5.72. The number of benzene rings is 2. The third-order valence-electron chi connectivity index (χ3n) is 5.74. The highest BCUT2D eigenvalue weighted by atomic mass is 35.5. The van der Waals surface area contributed by atoms with Crippen LogP contribution < -0.4 is 4.74 Å². The Balaban J connectivity index is 2.00. The van der Waals surface area contributed by atoms with E-state index < -0.39 is 28.7 Å². The molecule has 2 aromatic carbocycles. The zero-order chi connectivity index (χ0) is 23.3. The second-order valence-electron chi connectivity index (χ2n) is 7.62. The molecule has 0 bridgehead atoms. The summed E-state index contributed by atoms with van der Waals surface area (Å²) in [5, 5.41) is 18.8. The van der Waals surface area contributed by atoms with E-state index >= 15 is 0 Å². The minimum atomic E-state index is -1.30. The standard InChI is InChI=1S/C22H24ClN3O5S/c1-3-12-4-6-13(7-5-12)8-14-9-15(17(31-2)10-16(14)23)22-21(27)20(26-30)19(25-29)18(32-22)11-24-28/h4-7,9-10,18-22,27H,3,8,11H2,1-2H3/t18-,19-,20+,21-,22+/m1/s1. The Labute approximate surface area is 195 Å². The predicted molar refractivity (Wildman–Crippen MR) is 127 cm³/mol. The van der Waals surface area contributed by atoms with E-state index in [1.54, 1.807) is 6.07 Å². The first-order valence-electron chi connectivity index (χ1n) is 10.2. The molecule has 1 N–H and O–H groups in total. The lowest BCUT2D eigenvalue weighted by atomic mass is 9.92. The number of hydrogen-bond donors (Lipinski definition) is 1. The van der Waals surface area contributed by atoms with Crippen LogP contribution in [0.3, 0.4) is 0 Å². The van der Waals surface area contributed by atoms with Gasteiger partial charge < -0.3 is 9.84 Å². The summed E-state index contributed by atoms with van der Waals surface area (Å²) in [5.41, 5.74) is 3.72. The highest BCUT2D eigenvalue weighted by molar-refractivity contribution is 8.00. The second kappa shape index (κ2) is 11.0. The van der Waals surface area contributed by atoms with Crippen LogP contribution in [-0.2, 0) is 12.8 Å². The molecule has 32 heavy (non-hydrogen) atoms. The number of halogens is 1. The molecule has 8 nitrogen and oxygen atoms in total. The van der Waals surface area contributed by atoms with Crippen LogP contribution >= 0.6 is 23.4 Å². The van der Waals surface area contributed by atoms with E-state index in [1.165, 1.54) is 12.7 Å². The molecule has 1 heterocycles. The van der Waals surface area contributed by atoms with E-state index in [4.69, 9.17) is 16.3 Å². The van der Waals surface area contributed by atoms with Gasteiger partial charge in [0.2, 0.25) is 0 Å². The molecule has 1 aliphatic heterocycles. The van der Waals surface area contributed by atoms with Crippen molar-refractivity contribution < 1.29 is 9.84 Å². The Morgan fingerprint density at radius 1 is 1.06 bits per heavy atom. The van der Waals surface area contributed by atoms with Crippen LogP contribution in [0.1, 0.15) is 34.4 Å². The van der Waals surface area contributed by atoms with Gasteiger partial charge in [-0.2, -0.15) is 14.7 Å². The summed E-state index contributed by atoms with van der Waals surface area (Å²) in [7, 11) is 1.48. The maximum atomic E-state index is 11.5. The van der Waals surface area contributed by atoms with Crippen molar-refractivity contribution in [2.45, 2.75) is 48.5 Å². The molecule has 0 aromatic heterocycles. The lowest BCUT2D eigenvalue weighted by molar-refractivity contribution is 0.122. The Morgan fingerprint density at radius 2 is 1.72 bits per heavy atom. The predicted octanol–water partition coefficient (Wildman–Crippen LogP) is 5.06. The van der Waals surface area contributed by atoms with Gasteiger partial charge in [-0.1, -0.05) is 58.3 Å². The number of thioether (sulfide) groups is 1. The fourth-order valence-electron chi connectivity index (χ4n) is 3.95. The number of aliphatic hydroxyl groups is 1. The summed E-state index contributed by atoms with van der Waals surface area (Å²) in [6.07, 6.45) is 0.208. The first-order chi connectivity index (χ1) is 15.5. The van der Waals surface area contributed by atoms with Crippen LogP contribution in [0, 0.1) is 14.7 Å². The maximum Gasteiger partial charge on any atom is 0.146 e. The summed E-state index contributed by atoms with van der Waals surface area (Å²) in [5.74, 6) is 0.427. The molecule has 0 spiro atoms. The van der Waals surface area contributed by atoms with Gasteiger partial charge in [-0.15, -0.1) is 11.8 Å². The van der Waals surface area contributed by atoms with Gasteiger partial charge in [-0.3, -0.25) is 0 Å². The van der Waals surface area contributed by atoms with Crippen molar-refractivity contribution >= 4 is 23.4 Å². The topological polar surface area (TPSA) is 118 Å². The van der Waals surface area contributed by atoms with Gasteiger partial charge in [0.25, 0.3) is 0 Å². The van der Waals surface area contributed by atoms with Gasteiger partial charge in [0.05, 0.1) is 30.3 Å². The van der Waals surface area contributed by atoms with Crippen molar-refractivity contribution in [1.82, 2.24) is 0 Å². The molecule has 0 saturated carbocycles. The summed E-state index contributed by atoms with van der Waals surface area (Å²) in [6.45, 7) is 1.86. The van der Waals surface area contributed by atoms with Gasteiger partial charge >= 0.3 is 0 Å². The Morgan fingerprint density at radius 3 is 2.28 bits per heavy atom. The number of aliphatic hydroxyl groups excluding tert-OH is 1. The number of rotatable bonds is 9. The zero-order valence-corrected chi connectivity index (χ0v) is 19.3. The largest absolute Gasteiger partial charge is 0.496 e. The Hall–Kier alpha value is -2.36. The van der Waals surface area contributed by atoms with E-state index in [0.29, 0.717) is 22.8 Å². The maximum absolute atomic E-state index is 11.5. The number of nitrogens with zero attached hydrogens (tertiary/aromatic N) is 3. The highest BCUT2D eigenvalue weighted by Gasteiger charge is 2.48. The fraction of sp³-hybridized carbons (Fsp3) is 0.455. The molecule has 10 heteroatoms. The van der Waals surface area contributed by atoms with Crippen LogP contribution in [0.5, 0.6) is 5.75 Å². The molecular formula is C22H24ClN3O5S. The number of aryl methyl sites for hydroxylation is 1. The highest BCUT2D eigenvalue weighted by Crippen LogP contribution is 2.48. The van der Waals surface area contributed by atoms with E-state index in [-0.39, 0.29) is 6.54 Å². The second-order valence-corrected chi connectivity index (χ2v) is 9.41. The number of methoxy groups -OCH3 is 1. The molecule has 0 amide bonds. The van der Waals surface area contributed by atoms with Gasteiger partial charge in [-0.05, 0) is 41.7 Å². The lowest BCUT2D eigenvalue weighted by Crippen LogP contribution is -2.49. The summed E-state index contributed by atoms with van der Waals surface area (Å²) in [4.78, 5) is 33.7. The molecule has 0 unspecified atom stereocenters. The average Bonchev–Trinajstić information content (AvgIpc) is 2.81. The number of hydrogen-bond acceptors (Lipinski definition) is 9. The van der Waals surface area contributed by atoms with E-state index in [2.05, 4.69) is 34.6 Å². The zero-order valence-electron chi connectivity index (χ0n) is 17.7. The molecule has 1 fully saturated rings. The first-order valence-corrected chi connectivity index (χ1v) is 11.5. The van der Waals surface area contributed by atoms with Crippen molar-refractivity contribution in [3.8, 4) is 5.75 Å². The van der Waals surface area contributed by atoms with Crippen LogP contribution in [-0.4, -0.2) is 42.2 Å². The van der Waals surface area contributed by atoms with Crippen LogP contribution in [0.2, 0.25) is 5.02 Å². The number of nitroso groups, excluding NO2 is 3. The van der Waals surface area contributed by atoms with Gasteiger partial charge in [0, 0.05) is 10.6 Å². The minimum absolute atomic E-state index is 0.233. The Kier molecular flexibility index (Phi) is 8.33. The third kappa shape index (κ3) is 5.00. The van der Waals surface area contributed by atoms with E-state index in [9.17, 15) is 19.8 Å². The monoisotopic (exact) mass is 477 g/mol. The molecule has 1 saturated heterocycles. The van der Waals surface area contributed by atoms with Crippen LogP contribution in [0.4, 0.5) is 0 Å². The van der Waals surface area contributed by atoms with Crippen LogP contribution in [0.25, 0.3) is 0 Å². The smallest absolute Gasteiger partial charge is 0.146 e. The van der Waals surface area contributed by atoms with Gasteiger partial charge in [0.1, 0.15) is 17.8 Å². The molecule has 0 radical (unpaired) electrons. The van der Waals surface area contributed by atoms with Gasteiger partial charge in [-0.25, -0.2) is 0 Å². The van der Waals surface area contributed by atoms with Crippen molar-refractivity contribution in [3.05, 3.63) is 78.4 Å². The summed E-state index contributed by atoms with van der Waals surface area (Å²) < 4.78 is 5.49. The molecule has 5 atom stereocenters. The molecule has 3 rings (SSSR count).